The van der Waals surface area contributed by atoms with Crippen molar-refractivity contribution in [1.29, 1.82) is 0 Å². The highest BCUT2D eigenvalue weighted by Gasteiger charge is 2.40. The Kier molecular flexibility index (Phi) is 6.11. The van der Waals surface area contributed by atoms with Crippen LogP contribution in [-0.4, -0.2) is 68.0 Å². The van der Waals surface area contributed by atoms with E-state index in [1.54, 1.807) is 0 Å². The second kappa shape index (κ2) is 8.19. The van der Waals surface area contributed by atoms with Gasteiger partial charge >= 0.3 is 0 Å². The zero-order chi connectivity index (χ0) is 19.6. The van der Waals surface area contributed by atoms with Crippen LogP contribution in [0.5, 0.6) is 0 Å². The molecule has 0 radical (unpaired) electrons. The maximum absolute atomic E-state index is 13.0. The summed E-state index contributed by atoms with van der Waals surface area (Å²) in [4.78, 5) is 17.2. The fourth-order valence-electron chi connectivity index (χ4n) is 4.15. The second-order valence-corrected chi connectivity index (χ2v) is 9.66. The van der Waals surface area contributed by atoms with Gasteiger partial charge in [0.1, 0.15) is 6.04 Å². The van der Waals surface area contributed by atoms with Crippen molar-refractivity contribution < 1.29 is 13.2 Å². The van der Waals surface area contributed by atoms with Gasteiger partial charge < -0.3 is 9.80 Å². The highest BCUT2D eigenvalue weighted by molar-refractivity contribution is 7.89. The molecular formula is C20H31N3O3S. The smallest absolute Gasteiger partial charge is 0.241 e. The van der Waals surface area contributed by atoms with E-state index < -0.39 is 16.1 Å². The molecule has 6 nitrogen and oxygen atoms in total. The first-order chi connectivity index (χ1) is 12.8. The van der Waals surface area contributed by atoms with Gasteiger partial charge in [0.15, 0.2) is 0 Å². The lowest BCUT2D eigenvalue weighted by atomic mass is 10.1. The normalized spacial score (nSPS) is 21.7. The lowest BCUT2D eigenvalue weighted by Crippen LogP contribution is -2.54. The van der Waals surface area contributed by atoms with E-state index in [0.717, 1.165) is 19.5 Å². The average Bonchev–Trinajstić information content (AvgIpc) is 3.14. The van der Waals surface area contributed by atoms with E-state index in [1.165, 1.54) is 21.1 Å². The number of carbonyl (C=O) groups excluding carboxylic acids is 1. The molecule has 1 atom stereocenters. The standard InChI is InChI=1S/C20H31N3O3S/c1-4-15-27(25,26)23-10-6-9-19(23)20(24)22-13-11-21(12-14-22)18-8-5-7-16(2)17(18)3/h5,7-8,19H,4,6,9-15H2,1-3H3. The molecule has 7 heteroatoms. The number of carbonyl (C=O) groups is 1. The molecule has 2 saturated heterocycles. The number of amides is 1. The van der Waals surface area contributed by atoms with Crippen LogP contribution in [0.2, 0.25) is 0 Å². The van der Waals surface area contributed by atoms with Gasteiger partial charge in [0.2, 0.25) is 15.9 Å². The zero-order valence-electron chi connectivity index (χ0n) is 16.6. The van der Waals surface area contributed by atoms with Crippen LogP contribution < -0.4 is 4.90 Å². The quantitative estimate of drug-likeness (QED) is 0.769. The van der Waals surface area contributed by atoms with E-state index in [1.807, 2.05) is 11.8 Å². The molecule has 0 spiro atoms. The van der Waals surface area contributed by atoms with Gasteiger partial charge in [-0.15, -0.1) is 0 Å². The maximum Gasteiger partial charge on any atom is 0.241 e. The van der Waals surface area contributed by atoms with Crippen LogP contribution in [0.25, 0.3) is 0 Å². The number of hydrogen-bond donors (Lipinski definition) is 0. The van der Waals surface area contributed by atoms with E-state index >= 15 is 0 Å². The van der Waals surface area contributed by atoms with Gasteiger partial charge in [-0.25, -0.2) is 8.42 Å². The summed E-state index contributed by atoms with van der Waals surface area (Å²) in [6.45, 7) is 9.43. The Balaban J connectivity index is 1.65. The third-order valence-electron chi connectivity index (χ3n) is 5.82. The van der Waals surface area contributed by atoms with Gasteiger partial charge in [0, 0.05) is 38.4 Å². The first-order valence-corrected chi connectivity index (χ1v) is 11.6. The molecule has 27 heavy (non-hydrogen) atoms. The number of piperazine rings is 1. The van der Waals surface area contributed by atoms with Crippen LogP contribution in [0.1, 0.15) is 37.3 Å². The van der Waals surface area contributed by atoms with Crippen LogP contribution in [0.15, 0.2) is 18.2 Å². The molecule has 1 unspecified atom stereocenters. The van der Waals surface area contributed by atoms with Crippen LogP contribution in [0.3, 0.4) is 0 Å². The number of rotatable bonds is 5. The molecular weight excluding hydrogens is 362 g/mol. The monoisotopic (exact) mass is 393 g/mol. The van der Waals surface area contributed by atoms with E-state index in [0.29, 0.717) is 32.5 Å². The molecule has 1 aromatic rings. The number of benzene rings is 1. The fourth-order valence-corrected chi connectivity index (χ4v) is 5.89. The van der Waals surface area contributed by atoms with Gasteiger partial charge in [0.05, 0.1) is 5.75 Å². The van der Waals surface area contributed by atoms with Crippen LogP contribution in [0, 0.1) is 13.8 Å². The van der Waals surface area contributed by atoms with Crippen molar-refractivity contribution in [3.63, 3.8) is 0 Å². The lowest BCUT2D eigenvalue weighted by Gasteiger charge is -2.38. The van der Waals surface area contributed by atoms with Crippen molar-refractivity contribution in [1.82, 2.24) is 9.21 Å². The Morgan fingerprint density at radius 2 is 1.81 bits per heavy atom. The number of nitrogens with zero attached hydrogens (tertiary/aromatic N) is 3. The van der Waals surface area contributed by atoms with Gasteiger partial charge in [-0.1, -0.05) is 19.1 Å². The molecule has 0 bridgehead atoms. The predicted octanol–water partition coefficient (Wildman–Crippen LogP) is 2.16. The Hall–Kier alpha value is -1.60. The van der Waals surface area contributed by atoms with E-state index in [2.05, 4.69) is 36.9 Å². The topological polar surface area (TPSA) is 60.9 Å². The molecule has 0 aliphatic carbocycles. The molecule has 2 heterocycles. The average molecular weight is 394 g/mol. The zero-order valence-corrected chi connectivity index (χ0v) is 17.5. The first-order valence-electron chi connectivity index (χ1n) is 9.94. The van der Waals surface area contributed by atoms with Gasteiger partial charge in [-0.3, -0.25) is 4.79 Å². The highest BCUT2D eigenvalue weighted by atomic mass is 32.2. The molecule has 0 N–H and O–H groups in total. The summed E-state index contributed by atoms with van der Waals surface area (Å²) in [6.07, 6.45) is 1.98. The third-order valence-corrected chi connectivity index (χ3v) is 7.89. The Bertz CT molecular complexity index is 786. The Morgan fingerprint density at radius 3 is 2.48 bits per heavy atom. The minimum absolute atomic E-state index is 0.0206. The largest absolute Gasteiger partial charge is 0.368 e. The number of hydrogen-bond acceptors (Lipinski definition) is 4. The predicted molar refractivity (Wildman–Crippen MR) is 109 cm³/mol. The molecule has 2 aliphatic heterocycles. The summed E-state index contributed by atoms with van der Waals surface area (Å²) in [5, 5.41) is 0. The van der Waals surface area contributed by atoms with E-state index in [9.17, 15) is 13.2 Å². The van der Waals surface area contributed by atoms with Gasteiger partial charge in [-0.2, -0.15) is 4.31 Å². The third kappa shape index (κ3) is 4.14. The van der Waals surface area contributed by atoms with Crippen molar-refractivity contribution >= 4 is 21.6 Å². The number of aryl methyl sites for hydroxylation is 1. The van der Waals surface area contributed by atoms with E-state index in [4.69, 9.17) is 0 Å². The fraction of sp³-hybridized carbons (Fsp3) is 0.650. The van der Waals surface area contributed by atoms with Crippen LogP contribution >= 0.6 is 0 Å². The molecule has 2 aliphatic rings. The van der Waals surface area contributed by atoms with Crippen LogP contribution in [-0.2, 0) is 14.8 Å². The summed E-state index contributed by atoms with van der Waals surface area (Å²) in [6, 6.07) is 5.82. The molecule has 1 aromatic carbocycles. The molecule has 150 valence electrons. The number of sulfonamides is 1. The molecule has 2 fully saturated rings. The number of anilines is 1. The van der Waals surface area contributed by atoms with Crippen molar-refractivity contribution in [2.24, 2.45) is 0 Å². The Labute approximate surface area is 163 Å². The maximum atomic E-state index is 13.0. The summed E-state index contributed by atoms with van der Waals surface area (Å²) in [7, 11) is -3.33. The van der Waals surface area contributed by atoms with Crippen molar-refractivity contribution in [3.8, 4) is 0 Å². The SMILES string of the molecule is CCCS(=O)(=O)N1CCCC1C(=O)N1CCN(c2cccc(C)c2C)CC1. The van der Waals surface area contributed by atoms with Crippen LogP contribution in [0.4, 0.5) is 5.69 Å². The first kappa shape index (κ1) is 20.1. The summed E-state index contributed by atoms with van der Waals surface area (Å²) in [5.41, 5.74) is 3.79. The highest BCUT2D eigenvalue weighted by Crippen LogP contribution is 2.26. The van der Waals surface area contributed by atoms with Gasteiger partial charge in [-0.05, 0) is 50.3 Å². The van der Waals surface area contributed by atoms with E-state index in [-0.39, 0.29) is 11.7 Å². The molecule has 1 amide bonds. The molecule has 0 saturated carbocycles. The van der Waals surface area contributed by atoms with Crippen molar-refractivity contribution in [2.75, 3.05) is 43.4 Å². The minimum Gasteiger partial charge on any atom is -0.368 e. The molecule has 3 rings (SSSR count). The molecule has 0 aromatic heterocycles. The summed E-state index contributed by atoms with van der Waals surface area (Å²) in [5.74, 6) is 0.102. The minimum atomic E-state index is -3.33. The van der Waals surface area contributed by atoms with Crippen molar-refractivity contribution in [2.45, 2.75) is 46.1 Å². The van der Waals surface area contributed by atoms with Gasteiger partial charge in [0.25, 0.3) is 0 Å². The summed E-state index contributed by atoms with van der Waals surface area (Å²) >= 11 is 0. The second-order valence-electron chi connectivity index (χ2n) is 7.62. The van der Waals surface area contributed by atoms with Crippen molar-refractivity contribution in [3.05, 3.63) is 29.3 Å². The summed E-state index contributed by atoms with van der Waals surface area (Å²) < 4.78 is 26.4. The lowest BCUT2D eigenvalue weighted by molar-refractivity contribution is -0.134. The Morgan fingerprint density at radius 1 is 1.11 bits per heavy atom.